The molecule has 7 nitrogen and oxygen atoms in total. The Morgan fingerprint density at radius 3 is 2.62 bits per heavy atom. The molecule has 2 atom stereocenters. The lowest BCUT2D eigenvalue weighted by molar-refractivity contribution is -0.148. The zero-order valence-electron chi connectivity index (χ0n) is 12.0. The zero-order chi connectivity index (χ0) is 15.5. The molecule has 0 radical (unpaired) electrons. The van der Waals surface area contributed by atoms with Crippen molar-refractivity contribution in [3.8, 4) is 0 Å². The highest BCUT2D eigenvalue weighted by molar-refractivity contribution is 7.91. The van der Waals surface area contributed by atoms with Crippen LogP contribution in [0.5, 0.6) is 0 Å². The number of carbonyl (C=O) groups is 2. The summed E-state index contributed by atoms with van der Waals surface area (Å²) < 4.78 is 22.7. The molecule has 2 saturated heterocycles. The molecule has 0 aliphatic carbocycles. The predicted molar refractivity (Wildman–Crippen MR) is 76.3 cm³/mol. The summed E-state index contributed by atoms with van der Waals surface area (Å²) in [6.45, 7) is 0.497. The Hall–Kier alpha value is -1.15. The fourth-order valence-electron chi connectivity index (χ4n) is 3.00. The summed E-state index contributed by atoms with van der Waals surface area (Å²) in [4.78, 5) is 25.7. The van der Waals surface area contributed by atoms with Gasteiger partial charge in [-0.15, -0.1) is 0 Å². The molecule has 21 heavy (non-hydrogen) atoms. The van der Waals surface area contributed by atoms with E-state index in [-0.39, 0.29) is 24.2 Å². The second-order valence-corrected chi connectivity index (χ2v) is 7.96. The summed E-state index contributed by atoms with van der Waals surface area (Å²) in [6.07, 6.45) is 3.45. The third-order valence-corrected chi connectivity index (χ3v) is 5.88. The highest BCUT2D eigenvalue weighted by Gasteiger charge is 2.34. The van der Waals surface area contributed by atoms with Crippen LogP contribution in [0.1, 0.15) is 32.1 Å². The van der Waals surface area contributed by atoms with E-state index in [2.05, 4.69) is 5.32 Å². The first-order valence-electron chi connectivity index (χ1n) is 7.35. The third kappa shape index (κ3) is 4.16. The Kier molecular flexibility index (Phi) is 5.21. The van der Waals surface area contributed by atoms with Crippen molar-refractivity contribution in [1.82, 2.24) is 10.2 Å². The first kappa shape index (κ1) is 16.2. The number of amides is 2. The summed E-state index contributed by atoms with van der Waals surface area (Å²) >= 11 is 0. The van der Waals surface area contributed by atoms with E-state index in [1.807, 2.05) is 0 Å². The van der Waals surface area contributed by atoms with Crippen LogP contribution in [0.4, 0.5) is 0 Å². The Bertz CT molecular complexity index is 503. The van der Waals surface area contributed by atoms with Gasteiger partial charge in [-0.25, -0.2) is 8.42 Å². The normalized spacial score (nSPS) is 28.3. The van der Waals surface area contributed by atoms with Crippen LogP contribution in [0.15, 0.2) is 0 Å². The van der Waals surface area contributed by atoms with Gasteiger partial charge in [0.05, 0.1) is 11.5 Å². The lowest BCUT2D eigenvalue weighted by atomic mass is 9.99. The van der Waals surface area contributed by atoms with E-state index in [1.54, 1.807) is 0 Å². The topological polar surface area (TPSA) is 104 Å². The summed E-state index contributed by atoms with van der Waals surface area (Å²) in [6, 6.07) is -0.568. The van der Waals surface area contributed by atoms with Crippen molar-refractivity contribution in [2.24, 2.45) is 0 Å². The number of sulfone groups is 1. The molecule has 2 aliphatic heterocycles. The highest BCUT2D eigenvalue weighted by atomic mass is 32.2. The van der Waals surface area contributed by atoms with Crippen LogP contribution in [-0.4, -0.2) is 67.0 Å². The van der Waals surface area contributed by atoms with Crippen LogP contribution in [0.3, 0.4) is 0 Å². The number of piperidine rings is 1. The van der Waals surface area contributed by atoms with Gasteiger partial charge in [0, 0.05) is 25.2 Å². The van der Waals surface area contributed by atoms with Gasteiger partial charge in [0.25, 0.3) is 0 Å². The second kappa shape index (κ2) is 6.74. The number of rotatable bonds is 3. The molecule has 0 aromatic heterocycles. The molecule has 2 N–H and O–H groups in total. The summed E-state index contributed by atoms with van der Waals surface area (Å²) in [5.74, 6) is -1.38. The maximum Gasteiger partial charge on any atom is 0.312 e. The molecule has 2 heterocycles. The van der Waals surface area contributed by atoms with Gasteiger partial charge in [0.1, 0.15) is 0 Å². The maximum atomic E-state index is 12.2. The van der Waals surface area contributed by atoms with Crippen molar-refractivity contribution in [3.05, 3.63) is 0 Å². The van der Waals surface area contributed by atoms with Gasteiger partial charge in [-0.05, 0) is 32.1 Å². The summed E-state index contributed by atoms with van der Waals surface area (Å²) in [5.41, 5.74) is 0. The van der Waals surface area contributed by atoms with E-state index in [1.165, 1.54) is 4.90 Å². The third-order valence-electron chi connectivity index (χ3n) is 4.11. The van der Waals surface area contributed by atoms with Crippen molar-refractivity contribution < 1.29 is 23.1 Å². The van der Waals surface area contributed by atoms with Crippen LogP contribution in [0.25, 0.3) is 0 Å². The van der Waals surface area contributed by atoms with E-state index in [0.717, 1.165) is 19.3 Å². The number of nitrogens with zero attached hydrogens (tertiary/aromatic N) is 1. The molecular formula is C13H22N2O5S. The number of hydrogen-bond donors (Lipinski definition) is 2. The van der Waals surface area contributed by atoms with Crippen LogP contribution in [0.2, 0.25) is 0 Å². The molecule has 0 saturated carbocycles. The van der Waals surface area contributed by atoms with Gasteiger partial charge < -0.3 is 15.3 Å². The molecule has 2 amide bonds. The number of hydrogen-bond acceptors (Lipinski definition) is 5. The number of likely N-dealkylation sites (tertiary alicyclic amines) is 1. The highest BCUT2D eigenvalue weighted by Crippen LogP contribution is 2.20. The minimum absolute atomic E-state index is 0.0169. The standard InChI is InChI=1S/C13H22N2O5S/c16-7-4-11-3-1-2-6-15(11)13(18)12(17)14-10-5-8-21(19,20)9-10/h10-11,16H,1-9H2,(H,14,17). The monoisotopic (exact) mass is 318 g/mol. The number of aliphatic hydroxyl groups is 1. The summed E-state index contributed by atoms with van der Waals surface area (Å²) in [7, 11) is -3.08. The van der Waals surface area contributed by atoms with E-state index < -0.39 is 27.7 Å². The molecule has 0 aromatic carbocycles. The predicted octanol–water partition coefficient (Wildman–Crippen LogP) is -0.947. The SMILES string of the molecule is O=C(NC1CCS(=O)(=O)C1)C(=O)N1CCCCC1CCO. The molecule has 2 fully saturated rings. The average molecular weight is 318 g/mol. The number of carbonyl (C=O) groups excluding carboxylic acids is 2. The molecule has 2 unspecified atom stereocenters. The maximum absolute atomic E-state index is 12.2. The molecule has 0 bridgehead atoms. The molecule has 120 valence electrons. The lowest BCUT2D eigenvalue weighted by Gasteiger charge is -2.35. The minimum Gasteiger partial charge on any atom is -0.396 e. The van der Waals surface area contributed by atoms with Crippen molar-refractivity contribution in [3.63, 3.8) is 0 Å². The van der Waals surface area contributed by atoms with Crippen LogP contribution in [0, 0.1) is 0 Å². The van der Waals surface area contributed by atoms with E-state index >= 15 is 0 Å². The van der Waals surface area contributed by atoms with Gasteiger partial charge in [0.15, 0.2) is 9.84 Å². The Morgan fingerprint density at radius 2 is 2.00 bits per heavy atom. The average Bonchev–Trinajstić information content (AvgIpc) is 2.78. The number of nitrogens with one attached hydrogen (secondary N) is 1. The fraction of sp³-hybridized carbons (Fsp3) is 0.846. The van der Waals surface area contributed by atoms with Crippen LogP contribution < -0.4 is 5.32 Å². The van der Waals surface area contributed by atoms with Gasteiger partial charge in [0.2, 0.25) is 0 Å². The molecule has 0 spiro atoms. The Labute approximate surface area is 124 Å². The van der Waals surface area contributed by atoms with E-state index in [9.17, 15) is 18.0 Å². The Morgan fingerprint density at radius 1 is 1.24 bits per heavy atom. The van der Waals surface area contributed by atoms with Crippen LogP contribution >= 0.6 is 0 Å². The van der Waals surface area contributed by atoms with Crippen molar-refractivity contribution in [2.75, 3.05) is 24.7 Å². The fourth-order valence-corrected chi connectivity index (χ4v) is 4.68. The molecule has 2 aliphatic rings. The first-order chi connectivity index (χ1) is 9.93. The molecular weight excluding hydrogens is 296 g/mol. The van der Waals surface area contributed by atoms with Crippen LogP contribution in [-0.2, 0) is 19.4 Å². The molecule has 0 aromatic rings. The quantitative estimate of drug-likeness (QED) is 0.653. The van der Waals surface area contributed by atoms with Crippen molar-refractivity contribution >= 4 is 21.7 Å². The van der Waals surface area contributed by atoms with E-state index in [0.29, 0.717) is 19.4 Å². The van der Waals surface area contributed by atoms with E-state index in [4.69, 9.17) is 5.11 Å². The second-order valence-electron chi connectivity index (χ2n) is 5.73. The van der Waals surface area contributed by atoms with Gasteiger partial charge >= 0.3 is 11.8 Å². The lowest BCUT2D eigenvalue weighted by Crippen LogP contribution is -2.52. The molecule has 8 heteroatoms. The van der Waals surface area contributed by atoms with Crippen molar-refractivity contribution in [2.45, 2.75) is 44.2 Å². The minimum atomic E-state index is -3.08. The van der Waals surface area contributed by atoms with Gasteiger partial charge in [-0.1, -0.05) is 0 Å². The summed E-state index contributed by atoms with van der Waals surface area (Å²) in [5, 5.41) is 11.6. The van der Waals surface area contributed by atoms with Gasteiger partial charge in [-0.2, -0.15) is 0 Å². The van der Waals surface area contributed by atoms with Gasteiger partial charge in [-0.3, -0.25) is 9.59 Å². The smallest absolute Gasteiger partial charge is 0.312 e. The molecule has 2 rings (SSSR count). The number of aliphatic hydroxyl groups excluding tert-OH is 1. The Balaban J connectivity index is 1.93. The first-order valence-corrected chi connectivity index (χ1v) is 9.18. The van der Waals surface area contributed by atoms with Crippen molar-refractivity contribution in [1.29, 1.82) is 0 Å². The zero-order valence-corrected chi connectivity index (χ0v) is 12.8. The largest absolute Gasteiger partial charge is 0.396 e.